The van der Waals surface area contributed by atoms with Crippen molar-refractivity contribution in [1.29, 1.82) is 0 Å². The number of carbonyl (C=O) groups excluding carboxylic acids is 2. The number of unbranched alkanes of at least 4 members (excludes halogenated alkanes) is 1. The van der Waals surface area contributed by atoms with Crippen LogP contribution in [-0.2, 0) is 24.1 Å². The lowest BCUT2D eigenvalue weighted by Crippen LogP contribution is -2.44. The molecule has 1 aromatic heterocycles. The average molecular weight is 540 g/mol. The molecule has 0 spiro atoms. The van der Waals surface area contributed by atoms with Crippen LogP contribution in [0.3, 0.4) is 0 Å². The minimum absolute atomic E-state index is 0.00698. The minimum Gasteiger partial charge on any atom is -0.445 e. The highest BCUT2D eigenvalue weighted by molar-refractivity contribution is 6.30. The van der Waals surface area contributed by atoms with Crippen molar-refractivity contribution in [1.82, 2.24) is 15.2 Å². The molecular formula is C27H33ClF3N3O3. The van der Waals surface area contributed by atoms with Crippen molar-refractivity contribution in [2.24, 2.45) is 17.8 Å². The Morgan fingerprint density at radius 3 is 2.49 bits per heavy atom. The van der Waals surface area contributed by atoms with Crippen LogP contribution in [0.4, 0.5) is 18.0 Å². The van der Waals surface area contributed by atoms with Crippen molar-refractivity contribution in [2.45, 2.75) is 52.9 Å². The summed E-state index contributed by atoms with van der Waals surface area (Å²) in [5.74, 6) is 0.223. The number of aromatic nitrogens is 1. The molecule has 6 nitrogen and oxygen atoms in total. The van der Waals surface area contributed by atoms with E-state index in [-0.39, 0.29) is 47.3 Å². The molecule has 2 heterocycles. The second-order valence-corrected chi connectivity index (χ2v) is 10.2. The van der Waals surface area contributed by atoms with E-state index in [1.165, 1.54) is 11.0 Å². The summed E-state index contributed by atoms with van der Waals surface area (Å²) in [6.45, 7) is 7.86. The maximum absolute atomic E-state index is 13.3. The van der Waals surface area contributed by atoms with Gasteiger partial charge in [0.05, 0.1) is 5.56 Å². The van der Waals surface area contributed by atoms with Crippen LogP contribution in [-0.4, -0.2) is 41.4 Å². The lowest BCUT2D eigenvalue weighted by molar-refractivity contribution is -0.137. The predicted octanol–water partition coefficient (Wildman–Crippen LogP) is 6.37. The van der Waals surface area contributed by atoms with Gasteiger partial charge in [0.2, 0.25) is 0 Å². The number of benzene rings is 1. The van der Waals surface area contributed by atoms with Crippen molar-refractivity contribution in [3.63, 3.8) is 0 Å². The molecule has 1 aromatic carbocycles. The summed E-state index contributed by atoms with van der Waals surface area (Å²) in [5.41, 5.74) is 0.333. The molecule has 10 heteroatoms. The molecular weight excluding hydrogens is 507 g/mol. The fraction of sp³-hybridized carbons (Fsp3) is 0.519. The molecule has 202 valence electrons. The van der Waals surface area contributed by atoms with Crippen LogP contribution in [0.1, 0.15) is 60.8 Å². The van der Waals surface area contributed by atoms with Crippen molar-refractivity contribution in [3.8, 4) is 0 Å². The summed E-state index contributed by atoms with van der Waals surface area (Å²) in [4.78, 5) is 32.0. The topological polar surface area (TPSA) is 71.5 Å². The third-order valence-corrected chi connectivity index (χ3v) is 6.82. The van der Waals surface area contributed by atoms with Gasteiger partial charge in [0.25, 0.3) is 0 Å². The number of halogens is 4. The Morgan fingerprint density at radius 2 is 1.84 bits per heavy atom. The van der Waals surface area contributed by atoms with Gasteiger partial charge in [0, 0.05) is 30.2 Å². The zero-order chi connectivity index (χ0) is 27.2. The molecule has 1 N–H and O–H groups in total. The Hall–Kier alpha value is -2.65. The Morgan fingerprint density at radius 1 is 1.14 bits per heavy atom. The van der Waals surface area contributed by atoms with Crippen LogP contribution in [0.2, 0.25) is 5.02 Å². The number of alkyl halides is 3. The maximum atomic E-state index is 13.3. The monoisotopic (exact) mass is 539 g/mol. The van der Waals surface area contributed by atoms with E-state index >= 15 is 0 Å². The Balaban J connectivity index is 1.72. The van der Waals surface area contributed by atoms with E-state index in [0.717, 1.165) is 37.2 Å². The number of rotatable bonds is 9. The van der Waals surface area contributed by atoms with Crippen molar-refractivity contribution >= 4 is 23.5 Å². The smallest absolute Gasteiger partial charge is 0.416 e. The SMILES string of the molecule is CCCCN(Cc1ccnc(C(=O)C2C(C)CNCC2C)c1)C(=O)OCc1cc(Cl)cc(C(F)(F)F)c1. The van der Waals surface area contributed by atoms with E-state index in [0.29, 0.717) is 18.7 Å². The quantitative estimate of drug-likeness (QED) is 0.375. The molecule has 1 fully saturated rings. The number of ketones is 1. The summed E-state index contributed by atoms with van der Waals surface area (Å²) in [7, 11) is 0. The highest BCUT2D eigenvalue weighted by atomic mass is 35.5. The first-order valence-corrected chi connectivity index (χ1v) is 12.9. The van der Waals surface area contributed by atoms with Crippen LogP contribution in [0, 0.1) is 17.8 Å². The normalized spacial score (nSPS) is 19.9. The second kappa shape index (κ2) is 12.7. The zero-order valence-corrected chi connectivity index (χ0v) is 22.0. The van der Waals surface area contributed by atoms with Crippen molar-refractivity contribution < 1.29 is 27.5 Å². The zero-order valence-electron chi connectivity index (χ0n) is 21.3. The molecule has 0 saturated carbocycles. The first-order chi connectivity index (χ1) is 17.5. The molecule has 1 aliphatic rings. The van der Waals surface area contributed by atoms with Crippen molar-refractivity contribution in [3.05, 3.63) is 63.9 Å². The van der Waals surface area contributed by atoms with Gasteiger partial charge in [-0.1, -0.05) is 38.8 Å². The summed E-state index contributed by atoms with van der Waals surface area (Å²) in [6.07, 6.45) is -2.11. The number of pyridine rings is 1. The van der Waals surface area contributed by atoms with E-state index in [4.69, 9.17) is 16.3 Å². The number of Topliss-reactive ketones (excluding diaryl/α,β-unsaturated/α-hetero) is 1. The van der Waals surface area contributed by atoms with Gasteiger partial charge in [-0.25, -0.2) is 4.79 Å². The molecule has 3 rings (SSSR count). The summed E-state index contributed by atoms with van der Waals surface area (Å²) in [6, 6.07) is 6.53. The van der Waals surface area contributed by atoms with Crippen LogP contribution < -0.4 is 5.32 Å². The lowest BCUT2D eigenvalue weighted by atomic mass is 9.76. The third-order valence-electron chi connectivity index (χ3n) is 6.60. The fourth-order valence-corrected chi connectivity index (χ4v) is 4.94. The number of carbonyl (C=O) groups is 2. The van der Waals surface area contributed by atoms with Gasteiger partial charge in [-0.3, -0.25) is 9.78 Å². The molecule has 1 aliphatic heterocycles. The summed E-state index contributed by atoms with van der Waals surface area (Å²) in [5, 5.41) is 3.25. The molecule has 0 bridgehead atoms. The summed E-state index contributed by atoms with van der Waals surface area (Å²) >= 11 is 5.84. The Kier molecular flexibility index (Phi) is 9.95. The molecule has 0 aliphatic carbocycles. The number of ether oxygens (including phenoxy) is 1. The minimum atomic E-state index is -4.56. The standard InChI is InChI=1S/C27H33ClF3N3O3/c1-4-5-8-34(26(36)37-16-20-9-21(27(29,30)31)12-22(28)10-20)15-19-6-7-33-23(11-19)25(35)24-17(2)13-32-14-18(24)3/h6-7,9-12,17-18,24,32H,4-5,8,13-16H2,1-3H3. The molecule has 1 amide bonds. The lowest BCUT2D eigenvalue weighted by Gasteiger charge is -2.33. The van der Waals surface area contributed by atoms with Crippen LogP contribution in [0.15, 0.2) is 36.5 Å². The van der Waals surface area contributed by atoms with Crippen molar-refractivity contribution in [2.75, 3.05) is 19.6 Å². The van der Waals surface area contributed by atoms with Gasteiger partial charge in [-0.05, 0) is 72.8 Å². The third kappa shape index (κ3) is 7.92. The van der Waals surface area contributed by atoms with Crippen LogP contribution >= 0.6 is 11.6 Å². The summed E-state index contributed by atoms with van der Waals surface area (Å²) < 4.78 is 44.7. The van der Waals surface area contributed by atoms with E-state index < -0.39 is 17.8 Å². The molecule has 0 radical (unpaired) electrons. The first kappa shape index (κ1) is 28.9. The van der Waals surface area contributed by atoms with Gasteiger partial charge in [0.15, 0.2) is 5.78 Å². The number of amides is 1. The largest absolute Gasteiger partial charge is 0.445 e. The van der Waals surface area contributed by atoms with E-state index in [1.807, 2.05) is 6.92 Å². The molecule has 2 atom stereocenters. The maximum Gasteiger partial charge on any atom is 0.416 e. The van der Waals surface area contributed by atoms with E-state index in [1.54, 1.807) is 18.3 Å². The number of piperidine rings is 1. The van der Waals surface area contributed by atoms with Crippen LogP contribution in [0.25, 0.3) is 0 Å². The first-order valence-electron chi connectivity index (χ1n) is 12.5. The van der Waals surface area contributed by atoms with E-state index in [2.05, 4.69) is 24.1 Å². The average Bonchev–Trinajstić information content (AvgIpc) is 2.84. The Bertz CT molecular complexity index is 1090. The highest BCUT2D eigenvalue weighted by Gasteiger charge is 2.35. The fourth-order valence-electron chi connectivity index (χ4n) is 4.69. The molecule has 37 heavy (non-hydrogen) atoms. The highest BCUT2D eigenvalue weighted by Crippen LogP contribution is 2.32. The molecule has 2 unspecified atom stereocenters. The predicted molar refractivity (Wildman–Crippen MR) is 135 cm³/mol. The van der Waals surface area contributed by atoms with E-state index in [9.17, 15) is 22.8 Å². The van der Waals surface area contributed by atoms with Gasteiger partial charge in [-0.15, -0.1) is 0 Å². The number of nitrogens with zero attached hydrogens (tertiary/aromatic N) is 2. The number of nitrogens with one attached hydrogen (secondary N) is 1. The molecule has 1 saturated heterocycles. The van der Waals surface area contributed by atoms with Gasteiger partial charge in [0.1, 0.15) is 12.3 Å². The van der Waals surface area contributed by atoms with Gasteiger partial charge >= 0.3 is 12.3 Å². The second-order valence-electron chi connectivity index (χ2n) is 9.73. The number of hydrogen-bond acceptors (Lipinski definition) is 5. The molecule has 2 aromatic rings. The van der Waals surface area contributed by atoms with Gasteiger partial charge in [-0.2, -0.15) is 13.2 Å². The van der Waals surface area contributed by atoms with Crippen LogP contribution in [0.5, 0.6) is 0 Å². The Labute approximate surface area is 220 Å². The number of hydrogen-bond donors (Lipinski definition) is 1. The van der Waals surface area contributed by atoms with Gasteiger partial charge < -0.3 is 15.0 Å².